The second-order valence-electron chi connectivity index (χ2n) is 5.56. The van der Waals surface area contributed by atoms with Crippen LogP contribution in [0, 0.1) is 0 Å². The fraction of sp³-hybridized carbons (Fsp3) is 0.100. The van der Waals surface area contributed by atoms with Crippen molar-refractivity contribution in [2.24, 2.45) is 0 Å². The number of allylic oxidation sites excluding steroid dienone is 3. The highest BCUT2D eigenvalue weighted by Gasteiger charge is 2.24. The first-order valence-corrected chi connectivity index (χ1v) is 9.81. The number of carbonyl (C=O) groups excluding carboxylic acids is 1. The predicted molar refractivity (Wildman–Crippen MR) is 116 cm³/mol. The maximum Gasteiger partial charge on any atom is 0.348 e. The normalized spacial score (nSPS) is 12.4. The van der Waals surface area contributed by atoms with E-state index in [4.69, 9.17) is 11.6 Å². The third-order valence-electron chi connectivity index (χ3n) is 3.65. The molecular weight excluding hydrogens is 450 g/mol. The summed E-state index contributed by atoms with van der Waals surface area (Å²) >= 11 is 10.3. The summed E-state index contributed by atoms with van der Waals surface area (Å²) in [6.45, 7) is 5.36. The lowest BCUT2D eigenvalue weighted by molar-refractivity contribution is -0.114. The highest BCUT2D eigenvalue weighted by Crippen LogP contribution is 2.37. The quantitative estimate of drug-likeness (QED) is 0.416. The molecule has 0 saturated carbocycles. The molecule has 0 aliphatic rings. The number of amides is 1. The van der Waals surface area contributed by atoms with Gasteiger partial charge in [-0.05, 0) is 40.6 Å². The van der Waals surface area contributed by atoms with Crippen molar-refractivity contribution < 1.29 is 14.7 Å². The lowest BCUT2D eigenvalue weighted by Gasteiger charge is -2.18. The van der Waals surface area contributed by atoms with E-state index in [1.165, 1.54) is 18.0 Å². The lowest BCUT2D eigenvalue weighted by atomic mass is 10.1. The Bertz CT molecular complexity index is 943. The zero-order chi connectivity index (χ0) is 20.1. The van der Waals surface area contributed by atoms with Gasteiger partial charge in [0, 0.05) is 21.4 Å². The van der Waals surface area contributed by atoms with E-state index >= 15 is 0 Å². The van der Waals surface area contributed by atoms with Crippen LogP contribution in [0.25, 0.3) is 10.4 Å². The summed E-state index contributed by atoms with van der Waals surface area (Å²) in [7, 11) is 1.53. The summed E-state index contributed by atoms with van der Waals surface area (Å²) in [5.74, 6) is -1.48. The Hall–Kier alpha value is -2.15. The second kappa shape index (κ2) is 9.17. The third-order valence-corrected chi connectivity index (χ3v) is 5.58. The van der Waals surface area contributed by atoms with Crippen LogP contribution in [-0.2, 0) is 4.79 Å². The van der Waals surface area contributed by atoms with Crippen LogP contribution in [0.5, 0.6) is 0 Å². The van der Waals surface area contributed by atoms with Crippen molar-refractivity contribution in [3.8, 4) is 10.4 Å². The number of anilines is 1. The zero-order valence-electron chi connectivity index (χ0n) is 14.7. The maximum atomic E-state index is 12.9. The first-order chi connectivity index (χ1) is 12.8. The van der Waals surface area contributed by atoms with Gasteiger partial charge in [0.2, 0.25) is 0 Å². The van der Waals surface area contributed by atoms with Crippen LogP contribution >= 0.6 is 38.9 Å². The smallest absolute Gasteiger partial charge is 0.348 e. The Balaban J connectivity index is 2.51. The molecule has 4 nitrogen and oxygen atoms in total. The molecule has 0 bridgehead atoms. The van der Waals surface area contributed by atoms with Crippen molar-refractivity contribution in [3.05, 3.63) is 75.1 Å². The number of hydrogen-bond acceptors (Lipinski definition) is 3. The minimum Gasteiger partial charge on any atom is -0.477 e. The van der Waals surface area contributed by atoms with Crippen LogP contribution in [0.15, 0.2) is 70.2 Å². The maximum absolute atomic E-state index is 12.9. The van der Waals surface area contributed by atoms with Gasteiger partial charge in [0.25, 0.3) is 5.91 Å². The number of carbonyl (C=O) groups is 2. The van der Waals surface area contributed by atoms with Crippen molar-refractivity contribution in [1.29, 1.82) is 0 Å². The van der Waals surface area contributed by atoms with Gasteiger partial charge in [-0.3, -0.25) is 4.79 Å². The van der Waals surface area contributed by atoms with Gasteiger partial charge in [-0.2, -0.15) is 0 Å². The summed E-state index contributed by atoms with van der Waals surface area (Å²) in [4.78, 5) is 26.8. The number of likely N-dealkylation sites (N-methyl/N-ethyl adjacent to an activating group) is 1. The minimum atomic E-state index is -1.09. The predicted octanol–water partition coefficient (Wildman–Crippen LogP) is 6.05. The van der Waals surface area contributed by atoms with Crippen molar-refractivity contribution in [2.45, 2.75) is 6.92 Å². The molecule has 1 N–H and O–H groups in total. The van der Waals surface area contributed by atoms with Gasteiger partial charge in [0.1, 0.15) is 4.88 Å². The van der Waals surface area contributed by atoms with E-state index in [-0.39, 0.29) is 10.5 Å². The zero-order valence-corrected chi connectivity index (χ0v) is 17.9. The van der Waals surface area contributed by atoms with Gasteiger partial charge in [0.05, 0.1) is 11.3 Å². The van der Waals surface area contributed by atoms with Crippen LogP contribution in [-0.4, -0.2) is 24.0 Å². The molecule has 27 heavy (non-hydrogen) atoms. The van der Waals surface area contributed by atoms with Crippen molar-refractivity contribution in [1.82, 2.24) is 0 Å². The van der Waals surface area contributed by atoms with Crippen molar-refractivity contribution >= 4 is 56.4 Å². The molecule has 0 radical (unpaired) electrons. The molecule has 1 heterocycles. The molecule has 1 aromatic heterocycles. The van der Waals surface area contributed by atoms with Gasteiger partial charge in [-0.15, -0.1) is 11.3 Å². The molecule has 7 heteroatoms. The molecule has 0 spiro atoms. The van der Waals surface area contributed by atoms with E-state index in [0.29, 0.717) is 15.2 Å². The number of carboxylic acids is 1. The largest absolute Gasteiger partial charge is 0.477 e. The van der Waals surface area contributed by atoms with Gasteiger partial charge >= 0.3 is 5.97 Å². The number of hydrogen-bond donors (Lipinski definition) is 1. The number of halogens is 2. The molecule has 0 fully saturated rings. The molecule has 0 unspecified atom stereocenters. The number of carboxylic acid groups (broad SMARTS) is 1. The average Bonchev–Trinajstić information content (AvgIpc) is 3.07. The average molecular weight is 467 g/mol. The van der Waals surface area contributed by atoms with E-state index in [9.17, 15) is 14.7 Å². The van der Waals surface area contributed by atoms with E-state index in [0.717, 1.165) is 21.8 Å². The molecular formula is C20H17BrClNO3S. The summed E-state index contributed by atoms with van der Waals surface area (Å²) < 4.78 is 0.470. The highest BCUT2D eigenvalue weighted by atomic mass is 79.9. The number of rotatable bonds is 6. The summed E-state index contributed by atoms with van der Waals surface area (Å²) in [6, 6.07) is 11.1. The molecule has 0 aliphatic carbocycles. The van der Waals surface area contributed by atoms with Crippen LogP contribution < -0.4 is 4.90 Å². The molecule has 140 valence electrons. The number of nitrogens with zero attached hydrogens (tertiary/aromatic N) is 1. The Morgan fingerprint density at radius 3 is 2.44 bits per heavy atom. The van der Waals surface area contributed by atoms with E-state index in [1.54, 1.807) is 19.1 Å². The Morgan fingerprint density at radius 1 is 1.30 bits per heavy atom. The van der Waals surface area contributed by atoms with Crippen molar-refractivity contribution in [2.75, 3.05) is 11.9 Å². The topological polar surface area (TPSA) is 57.6 Å². The molecule has 1 amide bonds. The monoisotopic (exact) mass is 465 g/mol. The SMILES string of the molecule is C=C/C(C(=O)N(C)c1cc(-c2ccccc2)sc1C(=O)O)=C(Br)\C=C(/C)Cl. The molecule has 2 aromatic rings. The molecule has 0 aliphatic heterocycles. The number of benzene rings is 1. The van der Waals surface area contributed by atoms with Gasteiger partial charge in [-0.1, -0.05) is 54.6 Å². The van der Waals surface area contributed by atoms with Gasteiger partial charge in [-0.25, -0.2) is 4.79 Å². The van der Waals surface area contributed by atoms with Crippen LogP contribution in [0.4, 0.5) is 5.69 Å². The Kier molecular flexibility index (Phi) is 7.18. The summed E-state index contributed by atoms with van der Waals surface area (Å²) in [5, 5.41) is 10.1. The fourth-order valence-corrected chi connectivity index (χ4v) is 4.31. The van der Waals surface area contributed by atoms with E-state index in [2.05, 4.69) is 22.5 Å². The fourth-order valence-electron chi connectivity index (χ4n) is 2.36. The minimum absolute atomic E-state index is 0.0910. The summed E-state index contributed by atoms with van der Waals surface area (Å²) in [5.41, 5.74) is 1.49. The first kappa shape index (κ1) is 21.2. The Morgan fingerprint density at radius 2 is 1.93 bits per heavy atom. The number of aromatic carboxylic acids is 1. The molecule has 0 atom stereocenters. The highest BCUT2D eigenvalue weighted by molar-refractivity contribution is 9.12. The van der Waals surface area contributed by atoms with E-state index < -0.39 is 11.9 Å². The summed E-state index contributed by atoms with van der Waals surface area (Å²) in [6.07, 6.45) is 3.00. The van der Waals surface area contributed by atoms with Crippen LogP contribution in [0.3, 0.4) is 0 Å². The number of thiophene rings is 1. The van der Waals surface area contributed by atoms with Crippen molar-refractivity contribution in [3.63, 3.8) is 0 Å². The standard InChI is InChI=1S/C20H17BrClNO3S/c1-4-14(15(21)10-12(2)22)19(24)23(3)16-11-17(27-18(16)20(25)26)13-8-6-5-7-9-13/h4-11H,1H2,2-3H3,(H,25,26)/b12-10+,15-14-. The molecule has 2 rings (SSSR count). The Labute approximate surface area is 175 Å². The van der Waals surface area contributed by atoms with E-state index in [1.807, 2.05) is 30.3 Å². The third kappa shape index (κ3) is 4.97. The molecule has 1 aromatic carbocycles. The van der Waals surface area contributed by atoms with Gasteiger partial charge in [0.15, 0.2) is 0 Å². The van der Waals surface area contributed by atoms with Crippen LogP contribution in [0.2, 0.25) is 0 Å². The molecule has 0 saturated heterocycles. The second-order valence-corrected chi connectivity index (χ2v) is 8.06. The van der Waals surface area contributed by atoms with Crippen LogP contribution in [0.1, 0.15) is 16.6 Å². The van der Waals surface area contributed by atoms with Gasteiger partial charge < -0.3 is 10.0 Å². The lowest BCUT2D eigenvalue weighted by Crippen LogP contribution is -2.28. The first-order valence-electron chi connectivity index (χ1n) is 7.82.